The van der Waals surface area contributed by atoms with E-state index in [1.807, 2.05) is 11.1 Å². The molecular formula is C17H21BrN4O. The largest absolute Gasteiger partial charge is 0.331 e. The summed E-state index contributed by atoms with van der Waals surface area (Å²) in [6, 6.07) is 8.66. The van der Waals surface area contributed by atoms with Crippen LogP contribution >= 0.6 is 15.9 Å². The Kier molecular flexibility index (Phi) is 5.13. The fraction of sp³-hybridized carbons (Fsp3) is 0.412. The number of halogens is 1. The molecule has 6 heteroatoms. The van der Waals surface area contributed by atoms with Gasteiger partial charge in [-0.25, -0.2) is 0 Å². The summed E-state index contributed by atoms with van der Waals surface area (Å²) >= 11 is 3.36. The highest BCUT2D eigenvalue weighted by molar-refractivity contribution is 9.10. The van der Waals surface area contributed by atoms with Crippen molar-refractivity contribution in [2.24, 2.45) is 0 Å². The lowest BCUT2D eigenvalue weighted by atomic mass is 10.0. The van der Waals surface area contributed by atoms with Crippen molar-refractivity contribution >= 4 is 21.8 Å². The van der Waals surface area contributed by atoms with Gasteiger partial charge in [0.15, 0.2) is 0 Å². The number of benzene rings is 1. The number of carbonyl (C=O) groups excluding carboxylic acids is 1. The quantitative estimate of drug-likeness (QED) is 0.890. The van der Waals surface area contributed by atoms with Gasteiger partial charge in [-0.3, -0.25) is 9.48 Å². The number of amides is 1. The van der Waals surface area contributed by atoms with Crippen molar-refractivity contribution in [3.63, 3.8) is 0 Å². The molecule has 1 saturated heterocycles. The zero-order chi connectivity index (χ0) is 16.2. The topological polar surface area (TPSA) is 50.2 Å². The Labute approximate surface area is 144 Å². The average Bonchev–Trinajstić information content (AvgIpc) is 3.00. The van der Waals surface area contributed by atoms with Gasteiger partial charge < -0.3 is 10.2 Å². The number of rotatable bonds is 4. The van der Waals surface area contributed by atoms with E-state index in [9.17, 15) is 4.79 Å². The molecule has 1 fully saturated rings. The molecule has 1 aliphatic heterocycles. The van der Waals surface area contributed by atoms with E-state index in [1.54, 1.807) is 10.9 Å². The molecule has 2 heterocycles. The molecule has 1 aromatic carbocycles. The molecule has 0 spiro atoms. The van der Waals surface area contributed by atoms with Crippen LogP contribution in [-0.2, 0) is 17.8 Å². The van der Waals surface area contributed by atoms with Gasteiger partial charge in [0.25, 0.3) is 0 Å². The molecule has 1 aromatic heterocycles. The highest BCUT2D eigenvalue weighted by atomic mass is 79.9. The Morgan fingerprint density at radius 3 is 2.83 bits per heavy atom. The zero-order valence-electron chi connectivity index (χ0n) is 13.2. The summed E-state index contributed by atoms with van der Waals surface area (Å²) < 4.78 is 2.56. The first-order valence-electron chi connectivity index (χ1n) is 7.94. The number of nitrogens with zero attached hydrogens (tertiary/aromatic N) is 3. The molecule has 0 bridgehead atoms. The normalized spacial score (nSPS) is 18.2. The van der Waals surface area contributed by atoms with Gasteiger partial charge in [-0.1, -0.05) is 31.2 Å². The van der Waals surface area contributed by atoms with Gasteiger partial charge in [-0.15, -0.1) is 0 Å². The van der Waals surface area contributed by atoms with Gasteiger partial charge in [0.1, 0.15) is 6.54 Å². The van der Waals surface area contributed by atoms with Gasteiger partial charge in [-0.2, -0.15) is 5.10 Å². The second-order valence-electron chi connectivity index (χ2n) is 5.76. The number of hydrogen-bond donors (Lipinski definition) is 1. The van der Waals surface area contributed by atoms with Crippen molar-refractivity contribution in [3.8, 4) is 0 Å². The first-order chi connectivity index (χ1) is 11.2. The molecule has 0 radical (unpaired) electrons. The van der Waals surface area contributed by atoms with Gasteiger partial charge in [0.05, 0.1) is 16.7 Å². The van der Waals surface area contributed by atoms with Gasteiger partial charge >= 0.3 is 0 Å². The molecule has 1 aliphatic rings. The smallest absolute Gasteiger partial charge is 0.244 e. The summed E-state index contributed by atoms with van der Waals surface area (Å²) in [6.45, 7) is 4.77. The second-order valence-corrected chi connectivity index (χ2v) is 6.67. The predicted octanol–water partition coefficient (Wildman–Crippen LogP) is 2.38. The van der Waals surface area contributed by atoms with Crippen LogP contribution in [0.3, 0.4) is 0 Å². The lowest BCUT2D eigenvalue weighted by Gasteiger charge is -2.36. The van der Waals surface area contributed by atoms with Gasteiger partial charge in [0, 0.05) is 25.8 Å². The maximum Gasteiger partial charge on any atom is 0.244 e. The Hall–Kier alpha value is -1.66. The highest BCUT2D eigenvalue weighted by Gasteiger charge is 2.27. The molecule has 0 aliphatic carbocycles. The van der Waals surface area contributed by atoms with Gasteiger partial charge in [-0.05, 0) is 33.5 Å². The van der Waals surface area contributed by atoms with Crippen LogP contribution in [-0.4, -0.2) is 40.2 Å². The van der Waals surface area contributed by atoms with Crippen LogP contribution in [0, 0.1) is 0 Å². The van der Waals surface area contributed by atoms with Crippen molar-refractivity contribution in [2.75, 3.05) is 19.6 Å². The van der Waals surface area contributed by atoms with Crippen LogP contribution in [0.5, 0.6) is 0 Å². The van der Waals surface area contributed by atoms with Crippen LogP contribution in [0.25, 0.3) is 0 Å². The number of hydrogen-bond acceptors (Lipinski definition) is 3. The minimum absolute atomic E-state index is 0.0844. The summed E-state index contributed by atoms with van der Waals surface area (Å²) in [5.41, 5.74) is 2.50. The summed E-state index contributed by atoms with van der Waals surface area (Å²) in [4.78, 5) is 14.7. The van der Waals surface area contributed by atoms with Crippen LogP contribution in [0.4, 0.5) is 0 Å². The van der Waals surface area contributed by atoms with Crippen molar-refractivity contribution in [1.29, 1.82) is 0 Å². The average molecular weight is 377 g/mol. The number of aromatic nitrogens is 2. The van der Waals surface area contributed by atoms with Gasteiger partial charge in [0.2, 0.25) is 5.91 Å². The van der Waals surface area contributed by atoms with Crippen molar-refractivity contribution in [3.05, 3.63) is 52.3 Å². The van der Waals surface area contributed by atoms with Crippen molar-refractivity contribution < 1.29 is 4.79 Å². The maximum absolute atomic E-state index is 12.7. The Morgan fingerprint density at radius 1 is 1.39 bits per heavy atom. The molecule has 0 saturated carbocycles. The molecule has 122 valence electrons. The monoisotopic (exact) mass is 376 g/mol. The van der Waals surface area contributed by atoms with Crippen LogP contribution in [0.1, 0.15) is 24.1 Å². The molecule has 1 unspecified atom stereocenters. The fourth-order valence-corrected chi connectivity index (χ4v) is 3.26. The van der Waals surface area contributed by atoms with Crippen molar-refractivity contribution in [1.82, 2.24) is 20.0 Å². The zero-order valence-corrected chi connectivity index (χ0v) is 14.8. The first-order valence-corrected chi connectivity index (χ1v) is 8.73. The summed E-state index contributed by atoms with van der Waals surface area (Å²) in [6.07, 6.45) is 4.55. The van der Waals surface area contributed by atoms with E-state index in [0.29, 0.717) is 0 Å². The maximum atomic E-state index is 12.7. The number of carbonyl (C=O) groups is 1. The highest BCUT2D eigenvalue weighted by Crippen LogP contribution is 2.23. The minimum Gasteiger partial charge on any atom is -0.331 e. The third kappa shape index (κ3) is 3.82. The number of piperazine rings is 1. The predicted molar refractivity (Wildman–Crippen MR) is 93.1 cm³/mol. The van der Waals surface area contributed by atoms with E-state index in [1.165, 1.54) is 11.1 Å². The van der Waals surface area contributed by atoms with E-state index < -0.39 is 0 Å². The summed E-state index contributed by atoms with van der Waals surface area (Å²) in [5.74, 6) is 0.103. The van der Waals surface area contributed by atoms with E-state index in [0.717, 1.165) is 30.5 Å². The lowest BCUT2D eigenvalue weighted by Crippen LogP contribution is -2.49. The fourth-order valence-electron chi connectivity index (χ4n) is 2.93. The molecule has 1 atom stereocenters. The lowest BCUT2D eigenvalue weighted by molar-refractivity contribution is -0.135. The van der Waals surface area contributed by atoms with Crippen LogP contribution in [0.2, 0.25) is 0 Å². The Balaban J connectivity index is 1.75. The minimum atomic E-state index is 0.0844. The van der Waals surface area contributed by atoms with E-state index in [4.69, 9.17) is 0 Å². The number of aryl methyl sites for hydroxylation is 1. The summed E-state index contributed by atoms with van der Waals surface area (Å²) in [7, 11) is 0. The third-order valence-electron chi connectivity index (χ3n) is 4.24. The Morgan fingerprint density at radius 2 is 2.17 bits per heavy atom. The molecule has 3 rings (SSSR count). The molecule has 1 N–H and O–H groups in total. The van der Waals surface area contributed by atoms with Crippen molar-refractivity contribution in [2.45, 2.75) is 25.9 Å². The van der Waals surface area contributed by atoms with Crippen LogP contribution < -0.4 is 5.32 Å². The molecule has 2 aromatic rings. The van der Waals surface area contributed by atoms with E-state index >= 15 is 0 Å². The third-order valence-corrected chi connectivity index (χ3v) is 4.64. The standard InChI is InChI=1S/C17H21BrN4O/c1-2-13-3-5-14(6-4-13)16-10-19-7-8-22(16)17(23)12-21-11-15(18)9-20-21/h3-6,9,11,16,19H,2,7-8,10,12H2,1H3. The van der Waals surface area contributed by atoms with E-state index in [2.05, 4.69) is 57.5 Å². The Bertz CT molecular complexity index is 667. The molecular weight excluding hydrogens is 356 g/mol. The molecule has 1 amide bonds. The SMILES string of the molecule is CCc1ccc(C2CNCCN2C(=O)Cn2cc(Br)cn2)cc1. The second kappa shape index (κ2) is 7.27. The van der Waals surface area contributed by atoms with E-state index in [-0.39, 0.29) is 18.5 Å². The molecule has 5 nitrogen and oxygen atoms in total. The number of nitrogens with one attached hydrogen (secondary N) is 1. The summed E-state index contributed by atoms with van der Waals surface area (Å²) in [5, 5.41) is 7.57. The first kappa shape index (κ1) is 16.2. The van der Waals surface area contributed by atoms with Crippen LogP contribution in [0.15, 0.2) is 41.1 Å². The molecule has 23 heavy (non-hydrogen) atoms.